The first-order chi connectivity index (χ1) is 11.5. The quantitative estimate of drug-likeness (QED) is 0.832. The summed E-state index contributed by atoms with van der Waals surface area (Å²) < 4.78 is 13.4. The number of halogens is 1. The minimum Gasteiger partial charge on any atom is -0.354 e. The van der Waals surface area contributed by atoms with E-state index in [0.717, 1.165) is 19.3 Å². The molecule has 1 aromatic rings. The first-order valence-corrected chi connectivity index (χ1v) is 8.55. The number of carbonyl (C=O) groups is 2. The van der Waals surface area contributed by atoms with Gasteiger partial charge in [0.25, 0.3) is 0 Å². The molecule has 0 spiro atoms. The smallest absolute Gasteiger partial charge is 0.230 e. The number of amides is 2. The summed E-state index contributed by atoms with van der Waals surface area (Å²) >= 11 is 0. The van der Waals surface area contributed by atoms with Crippen molar-refractivity contribution in [1.82, 2.24) is 10.2 Å². The second-order valence-electron chi connectivity index (χ2n) is 6.30. The third-order valence-electron chi connectivity index (χ3n) is 4.54. The number of nitrogens with one attached hydrogen (secondary N) is 1. The fourth-order valence-electron chi connectivity index (χ4n) is 3.12. The van der Waals surface area contributed by atoms with Crippen LogP contribution >= 0.6 is 0 Å². The zero-order valence-corrected chi connectivity index (χ0v) is 14.1. The third kappa shape index (κ3) is 4.77. The van der Waals surface area contributed by atoms with E-state index in [1.165, 1.54) is 12.1 Å². The maximum Gasteiger partial charge on any atom is 0.230 e. The van der Waals surface area contributed by atoms with Gasteiger partial charge in [0.2, 0.25) is 11.8 Å². The lowest BCUT2D eigenvalue weighted by Gasteiger charge is -2.37. The van der Waals surface area contributed by atoms with Crippen LogP contribution in [0.4, 0.5) is 4.39 Å². The van der Waals surface area contributed by atoms with Crippen LogP contribution in [0.5, 0.6) is 0 Å². The van der Waals surface area contributed by atoms with E-state index in [1.807, 2.05) is 4.90 Å². The molecular formula is C18H26FN3O2. The largest absolute Gasteiger partial charge is 0.354 e. The summed E-state index contributed by atoms with van der Waals surface area (Å²) in [6, 6.07) is 6.16. The molecule has 1 aliphatic heterocycles. The molecule has 0 saturated carbocycles. The van der Waals surface area contributed by atoms with Crippen LogP contribution in [0.3, 0.4) is 0 Å². The molecule has 1 aliphatic rings. The highest BCUT2D eigenvalue weighted by atomic mass is 19.1. The van der Waals surface area contributed by atoms with Crippen LogP contribution in [0.2, 0.25) is 0 Å². The molecule has 0 radical (unpaired) electrons. The first-order valence-electron chi connectivity index (χ1n) is 8.55. The predicted octanol–water partition coefficient (Wildman–Crippen LogP) is 1.78. The molecular weight excluding hydrogens is 309 g/mol. The van der Waals surface area contributed by atoms with E-state index in [9.17, 15) is 14.0 Å². The van der Waals surface area contributed by atoms with Crippen molar-refractivity contribution >= 4 is 11.8 Å². The fraction of sp³-hybridized carbons (Fsp3) is 0.556. The number of nitrogens with zero attached hydrogens (tertiary/aromatic N) is 1. The monoisotopic (exact) mass is 335 g/mol. The van der Waals surface area contributed by atoms with Gasteiger partial charge in [0.1, 0.15) is 5.82 Å². The Bertz CT molecular complexity index is 579. The number of likely N-dealkylation sites (tertiary alicyclic amines) is 1. The molecule has 0 bridgehead atoms. The van der Waals surface area contributed by atoms with Crippen molar-refractivity contribution in [2.24, 2.45) is 5.73 Å². The minimum absolute atomic E-state index is 0.0102. The van der Waals surface area contributed by atoms with Gasteiger partial charge in [-0.05, 0) is 43.9 Å². The number of piperidine rings is 1. The molecule has 24 heavy (non-hydrogen) atoms. The van der Waals surface area contributed by atoms with Crippen LogP contribution in [0, 0.1) is 5.82 Å². The zero-order chi connectivity index (χ0) is 17.5. The van der Waals surface area contributed by atoms with Gasteiger partial charge in [-0.2, -0.15) is 0 Å². The van der Waals surface area contributed by atoms with Crippen LogP contribution in [0.1, 0.15) is 44.1 Å². The molecule has 1 saturated heterocycles. The van der Waals surface area contributed by atoms with Gasteiger partial charge in [0.15, 0.2) is 0 Å². The van der Waals surface area contributed by atoms with E-state index < -0.39 is 5.92 Å². The highest BCUT2D eigenvalue weighted by Crippen LogP contribution is 2.24. The molecule has 2 amide bonds. The Hall–Kier alpha value is -1.95. The Morgan fingerprint density at radius 3 is 2.92 bits per heavy atom. The average molecular weight is 335 g/mol. The summed E-state index contributed by atoms with van der Waals surface area (Å²) in [6.45, 7) is 3.24. The molecule has 1 fully saturated rings. The SMILES string of the molecule is CC(C(=O)N1CCCCC1CNC(=O)CCN)c1cccc(F)c1. The Morgan fingerprint density at radius 1 is 1.42 bits per heavy atom. The predicted molar refractivity (Wildman–Crippen MR) is 90.8 cm³/mol. The Labute approximate surface area is 142 Å². The Morgan fingerprint density at radius 2 is 2.21 bits per heavy atom. The van der Waals surface area contributed by atoms with E-state index in [1.54, 1.807) is 19.1 Å². The summed E-state index contributed by atoms with van der Waals surface area (Å²) in [5.41, 5.74) is 6.05. The number of benzene rings is 1. The van der Waals surface area contributed by atoms with Crippen molar-refractivity contribution in [3.05, 3.63) is 35.6 Å². The van der Waals surface area contributed by atoms with Gasteiger partial charge in [-0.1, -0.05) is 12.1 Å². The molecule has 3 N–H and O–H groups in total. The van der Waals surface area contributed by atoms with Crippen molar-refractivity contribution in [2.75, 3.05) is 19.6 Å². The van der Waals surface area contributed by atoms with E-state index >= 15 is 0 Å². The molecule has 1 aromatic carbocycles. The molecule has 2 unspecified atom stereocenters. The maximum absolute atomic E-state index is 13.4. The van der Waals surface area contributed by atoms with Gasteiger partial charge < -0.3 is 16.0 Å². The van der Waals surface area contributed by atoms with Crippen molar-refractivity contribution in [3.8, 4) is 0 Å². The molecule has 2 atom stereocenters. The van der Waals surface area contributed by atoms with Crippen molar-refractivity contribution in [3.63, 3.8) is 0 Å². The summed E-state index contributed by atoms with van der Waals surface area (Å²) in [6.07, 6.45) is 3.15. The van der Waals surface area contributed by atoms with Crippen LogP contribution in [-0.4, -0.2) is 42.4 Å². The molecule has 0 aromatic heterocycles. The summed E-state index contributed by atoms with van der Waals surface area (Å²) in [5.74, 6) is -0.843. The Balaban J connectivity index is 2.03. The number of rotatable bonds is 6. The second kappa shape index (κ2) is 8.78. The lowest BCUT2D eigenvalue weighted by atomic mass is 9.95. The zero-order valence-electron chi connectivity index (χ0n) is 14.1. The number of carbonyl (C=O) groups excluding carboxylic acids is 2. The number of hydrogen-bond donors (Lipinski definition) is 2. The van der Waals surface area contributed by atoms with Gasteiger partial charge in [-0.25, -0.2) is 4.39 Å². The number of hydrogen-bond acceptors (Lipinski definition) is 3. The summed E-state index contributed by atoms with van der Waals surface area (Å²) in [4.78, 5) is 26.3. The van der Waals surface area contributed by atoms with Crippen molar-refractivity contribution in [1.29, 1.82) is 0 Å². The van der Waals surface area contributed by atoms with E-state index in [2.05, 4.69) is 5.32 Å². The van der Waals surface area contributed by atoms with Crippen LogP contribution in [0.15, 0.2) is 24.3 Å². The van der Waals surface area contributed by atoms with Gasteiger partial charge in [-0.15, -0.1) is 0 Å². The topological polar surface area (TPSA) is 75.4 Å². The van der Waals surface area contributed by atoms with Gasteiger partial charge in [-0.3, -0.25) is 9.59 Å². The average Bonchev–Trinajstić information content (AvgIpc) is 2.59. The van der Waals surface area contributed by atoms with Gasteiger partial charge in [0.05, 0.1) is 5.92 Å². The lowest BCUT2D eigenvalue weighted by Crippen LogP contribution is -2.50. The Kier molecular flexibility index (Phi) is 6.73. The van der Waals surface area contributed by atoms with E-state index in [4.69, 9.17) is 5.73 Å². The first kappa shape index (κ1) is 18.4. The van der Waals surface area contributed by atoms with Crippen molar-refractivity contribution < 1.29 is 14.0 Å². The fourth-order valence-corrected chi connectivity index (χ4v) is 3.12. The van der Waals surface area contributed by atoms with Crippen molar-refractivity contribution in [2.45, 2.75) is 44.6 Å². The second-order valence-corrected chi connectivity index (χ2v) is 6.30. The normalized spacial score (nSPS) is 19.0. The van der Waals surface area contributed by atoms with Crippen LogP contribution in [-0.2, 0) is 9.59 Å². The van der Waals surface area contributed by atoms with Crippen LogP contribution in [0.25, 0.3) is 0 Å². The standard InChI is InChI=1S/C18H26FN3O2/c1-13(14-5-4-6-15(19)11-14)18(24)22-10-3-2-7-16(22)12-21-17(23)8-9-20/h4-6,11,13,16H,2-3,7-10,12,20H2,1H3,(H,21,23). The molecule has 1 heterocycles. The highest BCUT2D eigenvalue weighted by Gasteiger charge is 2.30. The molecule has 0 aliphatic carbocycles. The molecule has 2 rings (SSSR count). The molecule has 132 valence electrons. The summed E-state index contributed by atoms with van der Waals surface area (Å²) in [7, 11) is 0. The van der Waals surface area contributed by atoms with E-state index in [0.29, 0.717) is 31.6 Å². The number of nitrogens with two attached hydrogens (primary N) is 1. The lowest BCUT2D eigenvalue weighted by molar-refractivity contribution is -0.136. The van der Waals surface area contributed by atoms with E-state index in [-0.39, 0.29) is 23.7 Å². The molecule has 5 nitrogen and oxygen atoms in total. The highest BCUT2D eigenvalue weighted by molar-refractivity contribution is 5.84. The van der Waals surface area contributed by atoms with Crippen LogP contribution < -0.4 is 11.1 Å². The third-order valence-corrected chi connectivity index (χ3v) is 4.54. The van der Waals surface area contributed by atoms with Gasteiger partial charge in [0, 0.05) is 32.1 Å². The maximum atomic E-state index is 13.4. The summed E-state index contributed by atoms with van der Waals surface area (Å²) in [5, 5.41) is 2.85. The molecule has 6 heteroatoms. The van der Waals surface area contributed by atoms with Gasteiger partial charge >= 0.3 is 0 Å². The minimum atomic E-state index is -0.402.